The number of nitrogen functional groups attached to an aromatic ring is 1. The molecule has 1 aromatic rings. The molecule has 0 aromatic carbocycles. The third kappa shape index (κ3) is 1.34. The van der Waals surface area contributed by atoms with Crippen molar-refractivity contribution in [1.29, 1.82) is 0 Å². The van der Waals surface area contributed by atoms with Crippen molar-refractivity contribution < 1.29 is 4.74 Å². The van der Waals surface area contributed by atoms with Crippen LogP contribution in [0.4, 0.5) is 5.82 Å². The van der Waals surface area contributed by atoms with E-state index in [0.717, 1.165) is 5.69 Å². The topological polar surface area (TPSA) is 61.0 Å². The van der Waals surface area contributed by atoms with Gasteiger partial charge in [-0.25, -0.2) is 4.98 Å². The Morgan fingerprint density at radius 2 is 2.20 bits per heavy atom. The van der Waals surface area contributed by atoms with Gasteiger partial charge in [-0.1, -0.05) is 0 Å². The van der Waals surface area contributed by atoms with Crippen LogP contribution < -0.4 is 10.5 Å². The number of aryl methyl sites for hydroxylation is 1. The van der Waals surface area contributed by atoms with Crippen molar-refractivity contribution in [2.24, 2.45) is 0 Å². The lowest BCUT2D eigenvalue weighted by Crippen LogP contribution is -1.97. The Morgan fingerprint density at radius 1 is 1.50 bits per heavy atom. The van der Waals surface area contributed by atoms with Gasteiger partial charge in [0.05, 0.1) is 7.11 Å². The molecule has 2 N–H and O–H groups in total. The highest BCUT2D eigenvalue weighted by Crippen LogP contribution is 2.06. The van der Waals surface area contributed by atoms with Crippen molar-refractivity contribution in [3.63, 3.8) is 0 Å². The maximum Gasteiger partial charge on any atom is 0.318 e. The van der Waals surface area contributed by atoms with Crippen LogP contribution in [0.5, 0.6) is 6.01 Å². The van der Waals surface area contributed by atoms with Gasteiger partial charge in [-0.05, 0) is 6.92 Å². The van der Waals surface area contributed by atoms with Crippen LogP contribution in [0.15, 0.2) is 6.07 Å². The van der Waals surface area contributed by atoms with Crippen LogP contribution in [0.2, 0.25) is 0 Å². The third-order valence-electron chi connectivity index (χ3n) is 1.04. The molecule has 0 atom stereocenters. The Morgan fingerprint density at radius 3 is 2.70 bits per heavy atom. The fourth-order valence-corrected chi connectivity index (χ4v) is 0.656. The van der Waals surface area contributed by atoms with E-state index < -0.39 is 0 Å². The molecule has 1 aromatic heterocycles. The first-order chi connectivity index (χ1) is 4.72. The highest BCUT2D eigenvalue weighted by Gasteiger charge is 1.96. The molecular weight excluding hydrogens is 130 g/mol. The van der Waals surface area contributed by atoms with Crippen molar-refractivity contribution in [3.05, 3.63) is 11.8 Å². The molecule has 0 aliphatic rings. The zero-order valence-electron chi connectivity index (χ0n) is 5.96. The first kappa shape index (κ1) is 6.80. The number of hydrogen-bond donors (Lipinski definition) is 1. The number of ether oxygens (including phenoxy) is 1. The van der Waals surface area contributed by atoms with E-state index >= 15 is 0 Å². The number of hydrogen-bond acceptors (Lipinski definition) is 4. The van der Waals surface area contributed by atoms with Crippen molar-refractivity contribution in [1.82, 2.24) is 9.97 Å². The average molecular weight is 139 g/mol. The molecule has 0 spiro atoms. The minimum absolute atomic E-state index is 0.317. The van der Waals surface area contributed by atoms with Gasteiger partial charge < -0.3 is 10.5 Å². The number of nitrogens with zero attached hydrogens (tertiary/aromatic N) is 2. The van der Waals surface area contributed by atoms with Gasteiger partial charge in [0.25, 0.3) is 0 Å². The number of nitrogens with two attached hydrogens (primary N) is 1. The van der Waals surface area contributed by atoms with Gasteiger partial charge in [-0.2, -0.15) is 4.98 Å². The third-order valence-corrected chi connectivity index (χ3v) is 1.04. The number of aromatic nitrogens is 2. The molecule has 0 amide bonds. The van der Waals surface area contributed by atoms with E-state index in [-0.39, 0.29) is 0 Å². The summed E-state index contributed by atoms with van der Waals surface area (Å²) in [5.74, 6) is 0.435. The van der Waals surface area contributed by atoms with E-state index in [1.54, 1.807) is 6.07 Å². The molecule has 0 unspecified atom stereocenters. The molecule has 54 valence electrons. The molecular formula is C6H9N3O. The maximum absolute atomic E-state index is 5.40. The van der Waals surface area contributed by atoms with Gasteiger partial charge in [0.2, 0.25) is 0 Å². The second kappa shape index (κ2) is 2.51. The quantitative estimate of drug-likeness (QED) is 0.610. The van der Waals surface area contributed by atoms with Crippen LogP contribution in [0, 0.1) is 6.92 Å². The van der Waals surface area contributed by atoms with E-state index in [2.05, 4.69) is 9.97 Å². The van der Waals surface area contributed by atoms with Crippen molar-refractivity contribution >= 4 is 5.82 Å². The van der Waals surface area contributed by atoms with Crippen LogP contribution in [-0.2, 0) is 0 Å². The number of rotatable bonds is 1. The first-order valence-corrected chi connectivity index (χ1v) is 2.87. The Kier molecular flexibility index (Phi) is 1.71. The fraction of sp³-hybridized carbons (Fsp3) is 0.333. The molecule has 4 heteroatoms. The molecule has 0 aliphatic carbocycles. The SMILES string of the molecule is COc1nc(C)cc(N)n1. The summed E-state index contributed by atoms with van der Waals surface area (Å²) in [5.41, 5.74) is 6.21. The first-order valence-electron chi connectivity index (χ1n) is 2.87. The standard InChI is InChI=1S/C6H9N3O/c1-4-3-5(7)9-6(8-4)10-2/h3H,1-2H3,(H2,7,8,9). The summed E-state index contributed by atoms with van der Waals surface area (Å²) in [5, 5.41) is 0. The lowest BCUT2D eigenvalue weighted by atomic mass is 10.4. The molecule has 10 heavy (non-hydrogen) atoms. The van der Waals surface area contributed by atoms with Gasteiger partial charge in [0, 0.05) is 11.8 Å². The van der Waals surface area contributed by atoms with Gasteiger partial charge in [0.15, 0.2) is 0 Å². The minimum Gasteiger partial charge on any atom is -0.467 e. The minimum atomic E-state index is 0.317. The van der Waals surface area contributed by atoms with Crippen molar-refractivity contribution in [2.45, 2.75) is 6.92 Å². The zero-order valence-corrected chi connectivity index (χ0v) is 5.96. The maximum atomic E-state index is 5.40. The van der Waals surface area contributed by atoms with E-state index in [4.69, 9.17) is 10.5 Å². The van der Waals surface area contributed by atoms with Crippen LogP contribution >= 0.6 is 0 Å². The highest BCUT2D eigenvalue weighted by atomic mass is 16.5. The largest absolute Gasteiger partial charge is 0.467 e. The second-order valence-corrected chi connectivity index (χ2v) is 1.92. The molecule has 0 bridgehead atoms. The predicted octanol–water partition coefficient (Wildman–Crippen LogP) is 0.376. The molecule has 4 nitrogen and oxygen atoms in total. The molecule has 0 aliphatic heterocycles. The second-order valence-electron chi connectivity index (χ2n) is 1.92. The van der Waals surface area contributed by atoms with Gasteiger partial charge in [-0.3, -0.25) is 0 Å². The van der Waals surface area contributed by atoms with Crippen LogP contribution in [0.3, 0.4) is 0 Å². The molecule has 0 saturated heterocycles. The molecule has 0 fully saturated rings. The summed E-state index contributed by atoms with van der Waals surface area (Å²) < 4.78 is 4.77. The zero-order chi connectivity index (χ0) is 7.56. The lowest BCUT2D eigenvalue weighted by Gasteiger charge is -1.98. The molecule has 1 heterocycles. The summed E-state index contributed by atoms with van der Waals surface area (Å²) in [6.07, 6.45) is 0. The van der Waals surface area contributed by atoms with E-state index in [1.165, 1.54) is 7.11 Å². The smallest absolute Gasteiger partial charge is 0.318 e. The van der Waals surface area contributed by atoms with Crippen molar-refractivity contribution in [3.8, 4) is 6.01 Å². The van der Waals surface area contributed by atoms with Crippen molar-refractivity contribution in [2.75, 3.05) is 12.8 Å². The predicted molar refractivity (Wildman–Crippen MR) is 37.7 cm³/mol. The van der Waals surface area contributed by atoms with E-state index in [0.29, 0.717) is 11.8 Å². The number of anilines is 1. The summed E-state index contributed by atoms with van der Waals surface area (Å²) in [6.45, 7) is 1.83. The average Bonchev–Trinajstić information content (AvgIpc) is 1.85. The summed E-state index contributed by atoms with van der Waals surface area (Å²) in [6, 6.07) is 2.00. The van der Waals surface area contributed by atoms with Gasteiger partial charge in [0.1, 0.15) is 5.82 Å². The Bertz CT molecular complexity index is 216. The Balaban J connectivity index is 3.06. The lowest BCUT2D eigenvalue weighted by molar-refractivity contribution is 0.379. The summed E-state index contributed by atoms with van der Waals surface area (Å²) >= 11 is 0. The van der Waals surface area contributed by atoms with Crippen LogP contribution in [0.1, 0.15) is 5.69 Å². The molecule has 1 rings (SSSR count). The van der Waals surface area contributed by atoms with E-state index in [1.807, 2.05) is 6.92 Å². The molecule has 0 saturated carbocycles. The van der Waals surface area contributed by atoms with Gasteiger partial charge in [-0.15, -0.1) is 0 Å². The monoisotopic (exact) mass is 139 g/mol. The molecule has 0 radical (unpaired) electrons. The van der Waals surface area contributed by atoms with Gasteiger partial charge >= 0.3 is 6.01 Å². The highest BCUT2D eigenvalue weighted by molar-refractivity contribution is 5.30. The number of methoxy groups -OCH3 is 1. The Labute approximate surface area is 59.1 Å². The van der Waals surface area contributed by atoms with E-state index in [9.17, 15) is 0 Å². The summed E-state index contributed by atoms with van der Waals surface area (Å²) in [4.78, 5) is 7.74. The van der Waals surface area contributed by atoms with Crippen LogP contribution in [0.25, 0.3) is 0 Å². The van der Waals surface area contributed by atoms with Crippen LogP contribution in [-0.4, -0.2) is 17.1 Å². The normalized spacial score (nSPS) is 9.40. The summed E-state index contributed by atoms with van der Waals surface area (Å²) in [7, 11) is 1.51. The Hall–Kier alpha value is -1.32. The fourth-order valence-electron chi connectivity index (χ4n) is 0.656.